The van der Waals surface area contributed by atoms with E-state index in [-0.39, 0.29) is 12.0 Å². The van der Waals surface area contributed by atoms with Crippen LogP contribution in [0.1, 0.15) is 30.5 Å². The molecule has 2 N–H and O–H groups in total. The molecule has 0 saturated carbocycles. The Labute approximate surface area is 98.7 Å². The summed E-state index contributed by atoms with van der Waals surface area (Å²) in [5.41, 5.74) is 3.91. The summed E-state index contributed by atoms with van der Waals surface area (Å²) in [6.07, 6.45) is 0. The van der Waals surface area contributed by atoms with Crippen LogP contribution in [0.3, 0.4) is 0 Å². The summed E-state index contributed by atoms with van der Waals surface area (Å²) in [6, 6.07) is 6.51. The molecule has 0 radical (unpaired) electrons. The number of aryl methyl sites for hydroxylation is 2. The van der Waals surface area contributed by atoms with Crippen LogP contribution >= 0.6 is 0 Å². The molecular formula is C14H23NO. The molecule has 0 unspecified atom stereocenters. The lowest BCUT2D eigenvalue weighted by atomic mass is 9.95. The minimum absolute atomic E-state index is 0.0439. The largest absolute Gasteiger partial charge is 0.396 e. The fourth-order valence-electron chi connectivity index (χ4n) is 1.58. The Bertz CT molecular complexity index is 345. The predicted molar refractivity (Wildman–Crippen MR) is 68.5 cm³/mol. The molecule has 0 atom stereocenters. The highest BCUT2D eigenvalue weighted by atomic mass is 16.3. The third-order valence-electron chi connectivity index (χ3n) is 2.85. The first-order chi connectivity index (χ1) is 7.44. The zero-order valence-corrected chi connectivity index (χ0v) is 10.8. The van der Waals surface area contributed by atoms with Gasteiger partial charge in [0, 0.05) is 25.1 Å². The number of rotatable bonds is 5. The summed E-state index contributed by atoms with van der Waals surface area (Å²) < 4.78 is 0. The van der Waals surface area contributed by atoms with Crippen molar-refractivity contribution in [1.29, 1.82) is 0 Å². The smallest absolute Gasteiger partial charge is 0.0494 e. The van der Waals surface area contributed by atoms with Gasteiger partial charge in [-0.25, -0.2) is 0 Å². The fraction of sp³-hybridized carbons (Fsp3) is 0.571. The van der Waals surface area contributed by atoms with Crippen molar-refractivity contribution in [3.05, 3.63) is 34.9 Å². The van der Waals surface area contributed by atoms with Crippen molar-refractivity contribution < 1.29 is 5.11 Å². The topological polar surface area (TPSA) is 32.3 Å². The normalized spacial score (nSPS) is 11.8. The van der Waals surface area contributed by atoms with Crippen LogP contribution in [0.5, 0.6) is 0 Å². The van der Waals surface area contributed by atoms with Crippen molar-refractivity contribution >= 4 is 0 Å². The van der Waals surface area contributed by atoms with Crippen molar-refractivity contribution in [2.24, 2.45) is 5.41 Å². The molecular weight excluding hydrogens is 198 g/mol. The second-order valence-electron chi connectivity index (χ2n) is 5.36. The number of nitrogens with one attached hydrogen (secondary N) is 1. The molecule has 0 aromatic heterocycles. The van der Waals surface area contributed by atoms with Crippen molar-refractivity contribution in [3.63, 3.8) is 0 Å². The maximum atomic E-state index is 9.15. The van der Waals surface area contributed by atoms with Crippen molar-refractivity contribution in [3.8, 4) is 0 Å². The molecule has 2 heteroatoms. The van der Waals surface area contributed by atoms with Crippen molar-refractivity contribution in [2.75, 3.05) is 13.2 Å². The third kappa shape index (κ3) is 3.95. The highest BCUT2D eigenvalue weighted by Crippen LogP contribution is 2.13. The molecule has 1 aromatic rings. The first-order valence-electron chi connectivity index (χ1n) is 5.82. The van der Waals surface area contributed by atoms with E-state index in [2.05, 4.69) is 51.2 Å². The average Bonchev–Trinajstić information content (AvgIpc) is 2.23. The molecule has 2 nitrogen and oxygen atoms in total. The second-order valence-corrected chi connectivity index (χ2v) is 5.36. The Hall–Kier alpha value is -0.860. The van der Waals surface area contributed by atoms with E-state index in [1.165, 1.54) is 16.7 Å². The monoisotopic (exact) mass is 221 g/mol. The lowest BCUT2D eigenvalue weighted by Crippen LogP contribution is -2.32. The van der Waals surface area contributed by atoms with Crippen LogP contribution in [-0.2, 0) is 6.54 Å². The molecule has 0 fully saturated rings. The second kappa shape index (κ2) is 5.46. The quantitative estimate of drug-likeness (QED) is 0.800. The van der Waals surface area contributed by atoms with Crippen molar-refractivity contribution in [1.82, 2.24) is 5.32 Å². The van der Waals surface area contributed by atoms with E-state index < -0.39 is 0 Å². The maximum absolute atomic E-state index is 9.15. The number of hydrogen-bond acceptors (Lipinski definition) is 2. The van der Waals surface area contributed by atoms with E-state index in [0.717, 1.165) is 13.1 Å². The Morgan fingerprint density at radius 1 is 1.25 bits per heavy atom. The molecule has 90 valence electrons. The number of benzene rings is 1. The summed E-state index contributed by atoms with van der Waals surface area (Å²) in [7, 11) is 0. The van der Waals surface area contributed by atoms with Gasteiger partial charge in [0.05, 0.1) is 0 Å². The molecule has 0 aliphatic carbocycles. The van der Waals surface area contributed by atoms with Gasteiger partial charge in [-0.1, -0.05) is 37.6 Å². The molecule has 1 rings (SSSR count). The van der Waals surface area contributed by atoms with Gasteiger partial charge in [0.2, 0.25) is 0 Å². The molecule has 1 aromatic carbocycles. The summed E-state index contributed by atoms with van der Waals surface area (Å²) in [5.74, 6) is 0. The lowest BCUT2D eigenvalue weighted by Gasteiger charge is -2.22. The van der Waals surface area contributed by atoms with Gasteiger partial charge >= 0.3 is 0 Å². The summed E-state index contributed by atoms with van der Waals surface area (Å²) in [6.45, 7) is 10.3. The highest BCUT2D eigenvalue weighted by Gasteiger charge is 2.15. The number of hydrogen-bond donors (Lipinski definition) is 2. The number of aliphatic hydroxyl groups is 1. The molecule has 0 saturated heterocycles. The summed E-state index contributed by atoms with van der Waals surface area (Å²) >= 11 is 0. The lowest BCUT2D eigenvalue weighted by molar-refractivity contribution is 0.156. The Morgan fingerprint density at radius 2 is 1.94 bits per heavy atom. The zero-order chi connectivity index (χ0) is 12.2. The maximum Gasteiger partial charge on any atom is 0.0494 e. The SMILES string of the molecule is Cc1ccc(C)c(CNCC(C)(C)CO)c1. The van der Waals surface area contributed by atoms with Gasteiger partial charge in [0.1, 0.15) is 0 Å². The van der Waals surface area contributed by atoms with Gasteiger partial charge in [0.15, 0.2) is 0 Å². The third-order valence-corrected chi connectivity index (χ3v) is 2.85. The molecule has 0 spiro atoms. The van der Waals surface area contributed by atoms with Crippen LogP contribution in [0.15, 0.2) is 18.2 Å². The van der Waals surface area contributed by atoms with Gasteiger partial charge in [-0.15, -0.1) is 0 Å². The average molecular weight is 221 g/mol. The van der Waals surface area contributed by atoms with E-state index in [1.807, 2.05) is 0 Å². The van der Waals surface area contributed by atoms with Crippen LogP contribution in [0.25, 0.3) is 0 Å². The van der Waals surface area contributed by atoms with Crippen LogP contribution < -0.4 is 5.32 Å². The molecule has 0 aliphatic rings. The van der Waals surface area contributed by atoms with E-state index in [9.17, 15) is 0 Å². The Kier molecular flexibility index (Phi) is 4.51. The molecule has 0 aliphatic heterocycles. The van der Waals surface area contributed by atoms with Gasteiger partial charge < -0.3 is 10.4 Å². The van der Waals surface area contributed by atoms with E-state index in [1.54, 1.807) is 0 Å². The molecule has 0 amide bonds. The van der Waals surface area contributed by atoms with Crippen LogP contribution in [-0.4, -0.2) is 18.3 Å². The summed E-state index contributed by atoms with van der Waals surface area (Å²) in [5, 5.41) is 12.6. The minimum Gasteiger partial charge on any atom is -0.396 e. The first kappa shape index (κ1) is 13.2. The molecule has 0 bridgehead atoms. The Morgan fingerprint density at radius 3 is 2.56 bits per heavy atom. The van der Waals surface area contributed by atoms with Crippen LogP contribution in [0.2, 0.25) is 0 Å². The molecule has 16 heavy (non-hydrogen) atoms. The Balaban J connectivity index is 2.52. The van der Waals surface area contributed by atoms with Crippen molar-refractivity contribution in [2.45, 2.75) is 34.2 Å². The highest BCUT2D eigenvalue weighted by molar-refractivity contribution is 5.30. The van der Waals surface area contributed by atoms with Gasteiger partial charge in [0.25, 0.3) is 0 Å². The zero-order valence-electron chi connectivity index (χ0n) is 10.8. The summed E-state index contributed by atoms with van der Waals surface area (Å²) in [4.78, 5) is 0. The van der Waals surface area contributed by atoms with Gasteiger partial charge in [-0.3, -0.25) is 0 Å². The van der Waals surface area contributed by atoms with Gasteiger partial charge in [-0.2, -0.15) is 0 Å². The van der Waals surface area contributed by atoms with E-state index in [0.29, 0.717) is 0 Å². The fourth-order valence-corrected chi connectivity index (χ4v) is 1.58. The first-order valence-corrected chi connectivity index (χ1v) is 5.82. The standard InChI is InChI=1S/C14H23NO/c1-11-5-6-12(2)13(7-11)8-15-9-14(3,4)10-16/h5-7,15-16H,8-10H2,1-4H3. The van der Waals surface area contributed by atoms with Crippen LogP contribution in [0, 0.1) is 19.3 Å². The van der Waals surface area contributed by atoms with E-state index in [4.69, 9.17) is 5.11 Å². The predicted octanol–water partition coefficient (Wildman–Crippen LogP) is 2.41. The van der Waals surface area contributed by atoms with E-state index >= 15 is 0 Å². The molecule has 0 heterocycles. The van der Waals surface area contributed by atoms with Gasteiger partial charge in [-0.05, 0) is 25.0 Å². The van der Waals surface area contributed by atoms with Crippen LogP contribution in [0.4, 0.5) is 0 Å². The minimum atomic E-state index is -0.0439. The number of aliphatic hydroxyl groups excluding tert-OH is 1.